The number of aromatic nitrogens is 2. The third-order valence-corrected chi connectivity index (χ3v) is 4.99. The molecule has 21 heavy (non-hydrogen) atoms. The van der Waals surface area contributed by atoms with Crippen LogP contribution in [0.1, 0.15) is 52.1 Å². The van der Waals surface area contributed by atoms with Gasteiger partial charge in [-0.2, -0.15) is 0 Å². The Morgan fingerprint density at radius 2 is 2.24 bits per heavy atom. The van der Waals surface area contributed by atoms with Gasteiger partial charge in [-0.3, -0.25) is 9.78 Å². The van der Waals surface area contributed by atoms with Crippen LogP contribution in [0.5, 0.6) is 0 Å². The Morgan fingerprint density at radius 3 is 2.95 bits per heavy atom. The lowest BCUT2D eigenvalue weighted by Gasteiger charge is -2.34. The summed E-state index contributed by atoms with van der Waals surface area (Å²) in [5.41, 5.74) is 2.53. The Labute approximate surface area is 128 Å². The van der Waals surface area contributed by atoms with Crippen molar-refractivity contribution in [1.82, 2.24) is 14.9 Å². The summed E-state index contributed by atoms with van der Waals surface area (Å²) in [5, 5.41) is 3.11. The molecule has 1 unspecified atom stereocenters. The third-order valence-electron chi connectivity index (χ3n) is 3.92. The van der Waals surface area contributed by atoms with Crippen molar-refractivity contribution in [2.24, 2.45) is 0 Å². The number of aryl methyl sites for hydroxylation is 2. The van der Waals surface area contributed by atoms with Gasteiger partial charge in [-0.25, -0.2) is 4.98 Å². The number of thiazole rings is 1. The van der Waals surface area contributed by atoms with E-state index in [4.69, 9.17) is 0 Å². The van der Waals surface area contributed by atoms with Crippen LogP contribution in [0.3, 0.4) is 0 Å². The summed E-state index contributed by atoms with van der Waals surface area (Å²) < 4.78 is 0. The number of carbonyl (C=O) groups is 1. The van der Waals surface area contributed by atoms with Crippen LogP contribution in [0.4, 0.5) is 0 Å². The molecule has 0 radical (unpaired) electrons. The second-order valence-electron chi connectivity index (χ2n) is 5.47. The average Bonchev–Trinajstić information content (AvgIpc) is 2.93. The van der Waals surface area contributed by atoms with Gasteiger partial charge in [0.15, 0.2) is 0 Å². The average molecular weight is 301 g/mol. The number of nitrogens with zero attached hydrogens (tertiary/aromatic N) is 3. The molecule has 0 bridgehead atoms. The molecular formula is C16H19N3OS. The Kier molecular flexibility index (Phi) is 4.01. The van der Waals surface area contributed by atoms with E-state index < -0.39 is 0 Å². The maximum absolute atomic E-state index is 12.9. The molecule has 0 spiro atoms. The molecule has 1 saturated heterocycles. The van der Waals surface area contributed by atoms with Crippen molar-refractivity contribution in [2.75, 3.05) is 6.54 Å². The van der Waals surface area contributed by atoms with Crippen LogP contribution >= 0.6 is 11.3 Å². The second-order valence-corrected chi connectivity index (χ2v) is 6.36. The van der Waals surface area contributed by atoms with E-state index in [-0.39, 0.29) is 11.9 Å². The molecule has 1 aliphatic rings. The lowest BCUT2D eigenvalue weighted by atomic mass is 10.0. The number of hydrogen-bond acceptors (Lipinski definition) is 4. The molecule has 1 amide bonds. The molecule has 2 aromatic rings. The molecule has 1 aliphatic heterocycles. The Hall–Kier alpha value is -1.75. The van der Waals surface area contributed by atoms with E-state index in [1.165, 1.54) is 0 Å². The quantitative estimate of drug-likeness (QED) is 0.852. The van der Waals surface area contributed by atoms with Gasteiger partial charge < -0.3 is 4.90 Å². The van der Waals surface area contributed by atoms with E-state index in [9.17, 15) is 4.79 Å². The monoisotopic (exact) mass is 301 g/mol. The first-order chi connectivity index (χ1) is 10.2. The lowest BCUT2D eigenvalue weighted by molar-refractivity contribution is 0.0610. The highest BCUT2D eigenvalue weighted by molar-refractivity contribution is 7.09. The topological polar surface area (TPSA) is 46.1 Å². The normalized spacial score (nSPS) is 18.8. The van der Waals surface area contributed by atoms with E-state index in [1.54, 1.807) is 17.5 Å². The van der Waals surface area contributed by atoms with E-state index in [2.05, 4.69) is 15.3 Å². The molecule has 0 N–H and O–H groups in total. The number of pyridine rings is 1. The zero-order chi connectivity index (χ0) is 14.8. The predicted octanol–water partition coefficient (Wildman–Crippen LogP) is 3.52. The molecule has 1 fully saturated rings. The molecule has 4 nitrogen and oxygen atoms in total. The van der Waals surface area contributed by atoms with Gasteiger partial charge >= 0.3 is 0 Å². The Balaban J connectivity index is 1.91. The fourth-order valence-corrected chi connectivity index (χ4v) is 3.76. The SMILES string of the molecule is Cc1csc(C2CCCCN2C(=O)c2cccnc2C)n1. The van der Waals surface area contributed by atoms with E-state index in [0.717, 1.165) is 42.2 Å². The van der Waals surface area contributed by atoms with Gasteiger partial charge in [-0.05, 0) is 45.2 Å². The Morgan fingerprint density at radius 1 is 1.38 bits per heavy atom. The Bertz CT molecular complexity index is 652. The zero-order valence-corrected chi connectivity index (χ0v) is 13.2. The summed E-state index contributed by atoms with van der Waals surface area (Å²) in [7, 11) is 0. The molecule has 1 atom stereocenters. The molecule has 0 saturated carbocycles. The number of likely N-dealkylation sites (tertiary alicyclic amines) is 1. The minimum atomic E-state index is 0.0816. The molecule has 110 valence electrons. The van der Waals surface area contributed by atoms with Crippen molar-refractivity contribution in [3.8, 4) is 0 Å². The first-order valence-electron chi connectivity index (χ1n) is 7.31. The van der Waals surface area contributed by atoms with Crippen molar-refractivity contribution in [1.29, 1.82) is 0 Å². The van der Waals surface area contributed by atoms with Gasteiger partial charge in [0.25, 0.3) is 5.91 Å². The molecule has 0 aliphatic carbocycles. The smallest absolute Gasteiger partial charge is 0.256 e. The minimum absolute atomic E-state index is 0.0816. The van der Waals surface area contributed by atoms with E-state index in [1.807, 2.05) is 30.9 Å². The predicted molar refractivity (Wildman–Crippen MR) is 83.5 cm³/mol. The van der Waals surface area contributed by atoms with Gasteiger partial charge in [0.2, 0.25) is 0 Å². The molecular weight excluding hydrogens is 282 g/mol. The van der Waals surface area contributed by atoms with Crippen molar-refractivity contribution in [3.63, 3.8) is 0 Å². The number of rotatable bonds is 2. The zero-order valence-electron chi connectivity index (χ0n) is 12.4. The van der Waals surface area contributed by atoms with Gasteiger partial charge in [-0.15, -0.1) is 11.3 Å². The van der Waals surface area contributed by atoms with Crippen LogP contribution < -0.4 is 0 Å². The molecule has 3 heterocycles. The number of hydrogen-bond donors (Lipinski definition) is 0. The van der Waals surface area contributed by atoms with Crippen molar-refractivity contribution < 1.29 is 4.79 Å². The van der Waals surface area contributed by atoms with Gasteiger partial charge in [0.05, 0.1) is 11.6 Å². The maximum atomic E-state index is 12.9. The van der Waals surface area contributed by atoms with Gasteiger partial charge in [0, 0.05) is 29.5 Å². The first kappa shape index (κ1) is 14.2. The van der Waals surface area contributed by atoms with Crippen molar-refractivity contribution in [2.45, 2.75) is 39.2 Å². The highest BCUT2D eigenvalue weighted by Gasteiger charge is 2.31. The largest absolute Gasteiger partial charge is 0.329 e. The van der Waals surface area contributed by atoms with Crippen LogP contribution in [0.15, 0.2) is 23.7 Å². The van der Waals surface area contributed by atoms with Crippen LogP contribution in [-0.4, -0.2) is 27.3 Å². The summed E-state index contributed by atoms with van der Waals surface area (Å²) in [5.74, 6) is 0.0816. The standard InChI is InChI=1S/C16H19N3OS/c1-11-10-21-15(18-11)14-7-3-4-9-19(14)16(20)13-6-5-8-17-12(13)2/h5-6,8,10,14H,3-4,7,9H2,1-2H3. The summed E-state index contributed by atoms with van der Waals surface area (Å²) in [6, 6.07) is 3.81. The van der Waals surface area contributed by atoms with E-state index in [0.29, 0.717) is 5.56 Å². The van der Waals surface area contributed by atoms with E-state index >= 15 is 0 Å². The van der Waals surface area contributed by atoms with Gasteiger partial charge in [0.1, 0.15) is 5.01 Å². The first-order valence-corrected chi connectivity index (χ1v) is 8.19. The van der Waals surface area contributed by atoms with Crippen LogP contribution in [0.2, 0.25) is 0 Å². The summed E-state index contributed by atoms with van der Waals surface area (Å²) >= 11 is 1.66. The summed E-state index contributed by atoms with van der Waals surface area (Å²) in [4.78, 5) is 23.7. The molecule has 2 aromatic heterocycles. The van der Waals surface area contributed by atoms with Crippen LogP contribution in [0.25, 0.3) is 0 Å². The summed E-state index contributed by atoms with van der Waals surface area (Å²) in [6.07, 6.45) is 4.94. The number of amides is 1. The number of carbonyl (C=O) groups excluding carboxylic acids is 1. The molecule has 0 aromatic carbocycles. The third kappa shape index (κ3) is 2.83. The molecule has 3 rings (SSSR count). The van der Waals surface area contributed by atoms with Crippen molar-refractivity contribution in [3.05, 3.63) is 45.7 Å². The number of piperidine rings is 1. The van der Waals surface area contributed by atoms with Crippen molar-refractivity contribution >= 4 is 17.2 Å². The highest BCUT2D eigenvalue weighted by atomic mass is 32.1. The van der Waals surface area contributed by atoms with Crippen LogP contribution in [0, 0.1) is 13.8 Å². The molecule has 5 heteroatoms. The lowest BCUT2D eigenvalue weighted by Crippen LogP contribution is -2.38. The fourth-order valence-electron chi connectivity index (χ4n) is 2.82. The maximum Gasteiger partial charge on any atom is 0.256 e. The fraction of sp³-hybridized carbons (Fsp3) is 0.438. The minimum Gasteiger partial charge on any atom is -0.329 e. The second kappa shape index (κ2) is 5.93. The van der Waals surface area contributed by atoms with Gasteiger partial charge in [-0.1, -0.05) is 0 Å². The summed E-state index contributed by atoms with van der Waals surface area (Å²) in [6.45, 7) is 4.69. The van der Waals surface area contributed by atoms with Crippen LogP contribution in [-0.2, 0) is 0 Å². The highest BCUT2D eigenvalue weighted by Crippen LogP contribution is 2.33.